The zero-order chi connectivity index (χ0) is 6.53. The van der Waals surface area contributed by atoms with E-state index in [4.69, 9.17) is 4.74 Å². The molecule has 0 bridgehead atoms. The van der Waals surface area contributed by atoms with Crippen LogP contribution in [0, 0.1) is 0 Å². The third-order valence-corrected chi connectivity index (χ3v) is 2.47. The highest BCUT2D eigenvalue weighted by Crippen LogP contribution is 2.18. The summed E-state index contributed by atoms with van der Waals surface area (Å²) in [5.41, 5.74) is 0. The van der Waals surface area contributed by atoms with Crippen LogP contribution in [0.1, 0.15) is 12.8 Å². The fourth-order valence-electron chi connectivity index (χ4n) is 0.891. The quantitative estimate of drug-likeness (QED) is 0.545. The van der Waals surface area contributed by atoms with E-state index in [0.717, 1.165) is 24.3 Å². The molecule has 1 aliphatic rings. The maximum Gasteiger partial charge on any atom is 0.293 e. The van der Waals surface area contributed by atoms with Crippen LogP contribution < -0.4 is 0 Å². The molecule has 0 amide bonds. The maximum absolute atomic E-state index is 9.84. The number of ether oxygens (including phenoxy) is 1. The fourth-order valence-corrected chi connectivity index (χ4v) is 1.95. The monoisotopic (exact) mass is 146 g/mol. The number of carbonyl (C=O) groups excluding carboxylic acids is 1. The Balaban J connectivity index is 2.15. The van der Waals surface area contributed by atoms with Gasteiger partial charge in [0.15, 0.2) is 0 Å². The zero-order valence-corrected chi connectivity index (χ0v) is 6.02. The van der Waals surface area contributed by atoms with Crippen LogP contribution in [-0.2, 0) is 9.53 Å². The Kier molecular flexibility index (Phi) is 2.91. The van der Waals surface area contributed by atoms with Gasteiger partial charge in [-0.2, -0.15) is 11.8 Å². The van der Waals surface area contributed by atoms with E-state index in [0.29, 0.717) is 6.47 Å². The molecule has 1 aliphatic heterocycles. The van der Waals surface area contributed by atoms with Crippen LogP contribution in [0.25, 0.3) is 0 Å². The van der Waals surface area contributed by atoms with E-state index in [-0.39, 0.29) is 6.10 Å². The van der Waals surface area contributed by atoms with Crippen LogP contribution in [0.15, 0.2) is 0 Å². The first-order chi connectivity index (χ1) is 4.43. The molecule has 0 saturated carbocycles. The minimum atomic E-state index is 0.212. The third-order valence-electron chi connectivity index (χ3n) is 1.42. The average molecular weight is 146 g/mol. The van der Waals surface area contributed by atoms with Gasteiger partial charge in [-0.15, -0.1) is 0 Å². The fraction of sp³-hybridized carbons (Fsp3) is 0.833. The van der Waals surface area contributed by atoms with E-state index in [1.807, 2.05) is 11.8 Å². The van der Waals surface area contributed by atoms with Gasteiger partial charge in [0.25, 0.3) is 6.47 Å². The highest BCUT2D eigenvalue weighted by molar-refractivity contribution is 7.99. The molecule has 0 aromatic heterocycles. The van der Waals surface area contributed by atoms with Gasteiger partial charge in [-0.1, -0.05) is 0 Å². The van der Waals surface area contributed by atoms with Gasteiger partial charge in [-0.05, 0) is 24.3 Å². The minimum absolute atomic E-state index is 0.212. The Hall–Kier alpha value is -0.180. The molecule has 2 nitrogen and oxygen atoms in total. The van der Waals surface area contributed by atoms with Crippen molar-refractivity contribution >= 4 is 18.2 Å². The Bertz CT molecular complexity index is 89.1. The normalized spacial score (nSPS) is 21.3. The zero-order valence-electron chi connectivity index (χ0n) is 5.21. The second kappa shape index (κ2) is 3.77. The molecule has 0 atom stereocenters. The van der Waals surface area contributed by atoms with E-state index in [1.54, 1.807) is 0 Å². The molecule has 0 spiro atoms. The minimum Gasteiger partial charge on any atom is -0.465 e. The third kappa shape index (κ3) is 2.26. The van der Waals surface area contributed by atoms with Crippen molar-refractivity contribution in [1.82, 2.24) is 0 Å². The Labute approximate surface area is 59.0 Å². The van der Waals surface area contributed by atoms with Crippen molar-refractivity contribution in [3.63, 3.8) is 0 Å². The summed E-state index contributed by atoms with van der Waals surface area (Å²) in [5.74, 6) is 2.27. The molecule has 0 radical (unpaired) electrons. The van der Waals surface area contributed by atoms with Gasteiger partial charge < -0.3 is 4.74 Å². The highest BCUT2D eigenvalue weighted by Gasteiger charge is 2.12. The van der Waals surface area contributed by atoms with Crippen molar-refractivity contribution in [2.24, 2.45) is 0 Å². The predicted octanol–water partition coefficient (Wildman–Crippen LogP) is 1.05. The molecule has 0 aromatic rings. The molecular weight excluding hydrogens is 136 g/mol. The van der Waals surface area contributed by atoms with Crippen molar-refractivity contribution in [2.75, 3.05) is 11.5 Å². The van der Waals surface area contributed by atoms with Crippen molar-refractivity contribution < 1.29 is 9.53 Å². The number of rotatable bonds is 2. The second-order valence-electron chi connectivity index (χ2n) is 2.04. The SMILES string of the molecule is O=COC1CCSCC1. The van der Waals surface area contributed by atoms with Crippen molar-refractivity contribution in [3.8, 4) is 0 Å². The van der Waals surface area contributed by atoms with E-state index >= 15 is 0 Å². The van der Waals surface area contributed by atoms with Crippen molar-refractivity contribution in [1.29, 1.82) is 0 Å². The summed E-state index contributed by atoms with van der Waals surface area (Å²) in [6, 6.07) is 0. The molecule has 0 unspecified atom stereocenters. The van der Waals surface area contributed by atoms with Crippen LogP contribution in [0.5, 0.6) is 0 Å². The Morgan fingerprint density at radius 1 is 1.44 bits per heavy atom. The lowest BCUT2D eigenvalue weighted by Gasteiger charge is -2.18. The molecule has 52 valence electrons. The molecule has 9 heavy (non-hydrogen) atoms. The van der Waals surface area contributed by atoms with Gasteiger partial charge >= 0.3 is 0 Å². The van der Waals surface area contributed by atoms with Gasteiger partial charge in [0.2, 0.25) is 0 Å². The lowest BCUT2D eigenvalue weighted by atomic mass is 10.2. The summed E-state index contributed by atoms with van der Waals surface area (Å²) in [7, 11) is 0. The molecule has 0 aliphatic carbocycles. The van der Waals surface area contributed by atoms with Crippen LogP contribution in [0.4, 0.5) is 0 Å². The molecule has 0 N–H and O–H groups in total. The average Bonchev–Trinajstić information content (AvgIpc) is 1.91. The van der Waals surface area contributed by atoms with Crippen molar-refractivity contribution in [3.05, 3.63) is 0 Å². The maximum atomic E-state index is 9.84. The van der Waals surface area contributed by atoms with Crippen LogP contribution >= 0.6 is 11.8 Å². The van der Waals surface area contributed by atoms with Gasteiger partial charge in [0.05, 0.1) is 0 Å². The predicted molar refractivity (Wildman–Crippen MR) is 37.5 cm³/mol. The molecule has 3 heteroatoms. The highest BCUT2D eigenvalue weighted by atomic mass is 32.2. The first-order valence-electron chi connectivity index (χ1n) is 3.10. The molecule has 1 fully saturated rings. The smallest absolute Gasteiger partial charge is 0.293 e. The van der Waals surface area contributed by atoms with Gasteiger partial charge in [-0.25, -0.2) is 0 Å². The topological polar surface area (TPSA) is 26.3 Å². The summed E-state index contributed by atoms with van der Waals surface area (Å²) < 4.78 is 4.79. The number of thioether (sulfide) groups is 1. The molecule has 1 saturated heterocycles. The molecular formula is C6H10O2S. The van der Waals surface area contributed by atoms with Gasteiger partial charge in [0, 0.05) is 0 Å². The van der Waals surface area contributed by atoms with Crippen LogP contribution in [0.2, 0.25) is 0 Å². The van der Waals surface area contributed by atoms with E-state index in [1.165, 1.54) is 0 Å². The van der Waals surface area contributed by atoms with E-state index in [2.05, 4.69) is 0 Å². The molecule has 1 rings (SSSR count). The molecule has 0 aromatic carbocycles. The first-order valence-corrected chi connectivity index (χ1v) is 4.26. The first kappa shape index (κ1) is 6.93. The lowest BCUT2D eigenvalue weighted by Crippen LogP contribution is -2.18. The number of carbonyl (C=O) groups is 1. The summed E-state index contributed by atoms with van der Waals surface area (Å²) in [4.78, 5) is 9.84. The summed E-state index contributed by atoms with van der Waals surface area (Å²) in [6.07, 6.45) is 2.27. The van der Waals surface area contributed by atoms with Gasteiger partial charge in [-0.3, -0.25) is 4.79 Å². The standard InChI is InChI=1S/C6H10O2S/c7-5-8-6-1-3-9-4-2-6/h5-6H,1-4H2. The van der Waals surface area contributed by atoms with E-state index < -0.39 is 0 Å². The lowest BCUT2D eigenvalue weighted by molar-refractivity contribution is -0.133. The summed E-state index contributed by atoms with van der Waals surface area (Å²) in [5, 5.41) is 0. The summed E-state index contributed by atoms with van der Waals surface area (Å²) in [6.45, 7) is 0.556. The number of hydrogen-bond acceptors (Lipinski definition) is 3. The summed E-state index contributed by atoms with van der Waals surface area (Å²) >= 11 is 1.93. The Morgan fingerprint density at radius 2 is 2.11 bits per heavy atom. The second-order valence-corrected chi connectivity index (χ2v) is 3.27. The van der Waals surface area contributed by atoms with E-state index in [9.17, 15) is 4.79 Å². The number of hydrogen-bond donors (Lipinski definition) is 0. The largest absolute Gasteiger partial charge is 0.465 e. The van der Waals surface area contributed by atoms with Crippen LogP contribution in [-0.4, -0.2) is 24.1 Å². The van der Waals surface area contributed by atoms with Crippen molar-refractivity contribution in [2.45, 2.75) is 18.9 Å². The Morgan fingerprint density at radius 3 is 2.67 bits per heavy atom. The van der Waals surface area contributed by atoms with Gasteiger partial charge in [0.1, 0.15) is 6.10 Å². The molecule has 1 heterocycles. The van der Waals surface area contributed by atoms with Crippen LogP contribution in [0.3, 0.4) is 0 Å².